The minimum Gasteiger partial charge on any atom is -0.398 e. The molecule has 0 saturated heterocycles. The first-order valence-corrected chi connectivity index (χ1v) is 7.33. The van der Waals surface area contributed by atoms with E-state index in [1.165, 1.54) is 23.9 Å². The summed E-state index contributed by atoms with van der Waals surface area (Å²) in [6.07, 6.45) is 0. The van der Waals surface area contributed by atoms with Crippen molar-refractivity contribution in [3.8, 4) is 0 Å². The van der Waals surface area contributed by atoms with Crippen LogP contribution >= 0.6 is 35.0 Å². The second-order valence-electron chi connectivity index (χ2n) is 3.98. The molecule has 0 aliphatic heterocycles. The first-order chi connectivity index (χ1) is 9.49. The summed E-state index contributed by atoms with van der Waals surface area (Å²) in [5.41, 5.74) is 6.97. The number of nitrogens with zero attached hydrogens (tertiary/aromatic N) is 1. The summed E-state index contributed by atoms with van der Waals surface area (Å²) in [4.78, 5) is 11.3. The maximum absolute atomic E-state index is 11.0. The third kappa shape index (κ3) is 3.36. The van der Waals surface area contributed by atoms with Crippen molar-refractivity contribution in [1.82, 2.24) is 0 Å². The number of nitro groups is 1. The molecular weight excluding hydrogens is 319 g/mol. The van der Waals surface area contributed by atoms with Gasteiger partial charge in [-0.1, -0.05) is 29.3 Å². The van der Waals surface area contributed by atoms with Crippen molar-refractivity contribution in [2.24, 2.45) is 0 Å². The highest BCUT2D eigenvalue weighted by Gasteiger charge is 2.15. The molecule has 0 aliphatic carbocycles. The van der Waals surface area contributed by atoms with Crippen LogP contribution in [0.25, 0.3) is 0 Å². The van der Waals surface area contributed by atoms with Crippen LogP contribution in [0.15, 0.2) is 41.3 Å². The van der Waals surface area contributed by atoms with Crippen LogP contribution < -0.4 is 5.73 Å². The van der Waals surface area contributed by atoms with Gasteiger partial charge in [0.15, 0.2) is 0 Å². The van der Waals surface area contributed by atoms with Crippen LogP contribution in [-0.4, -0.2) is 4.92 Å². The highest BCUT2D eigenvalue weighted by molar-refractivity contribution is 7.98. The fourth-order valence-electron chi connectivity index (χ4n) is 1.68. The van der Waals surface area contributed by atoms with Gasteiger partial charge < -0.3 is 5.73 Å². The SMILES string of the molecule is Nc1cccc(Cl)c1SCc1cc(Cl)ccc1[N+](=O)[O-]. The van der Waals surface area contributed by atoms with Gasteiger partial charge in [0.2, 0.25) is 0 Å². The minimum absolute atomic E-state index is 0.0347. The molecule has 104 valence electrons. The Hall–Kier alpha value is -1.43. The standard InChI is InChI=1S/C13H10Cl2N2O2S/c14-9-4-5-12(17(18)19)8(6-9)7-20-13-10(15)2-1-3-11(13)16/h1-6H,7,16H2. The van der Waals surface area contributed by atoms with Gasteiger partial charge in [0, 0.05) is 33.0 Å². The van der Waals surface area contributed by atoms with Gasteiger partial charge in [-0.15, -0.1) is 11.8 Å². The van der Waals surface area contributed by atoms with E-state index in [1.54, 1.807) is 24.3 Å². The maximum Gasteiger partial charge on any atom is 0.273 e. The molecule has 2 N–H and O–H groups in total. The molecule has 4 nitrogen and oxygen atoms in total. The van der Waals surface area contributed by atoms with Crippen LogP contribution in [0.5, 0.6) is 0 Å². The van der Waals surface area contributed by atoms with Gasteiger partial charge in [0.1, 0.15) is 0 Å². The second-order valence-corrected chi connectivity index (χ2v) is 5.81. The molecule has 0 heterocycles. The summed E-state index contributed by atoms with van der Waals surface area (Å²) >= 11 is 13.3. The van der Waals surface area contributed by atoms with Crippen molar-refractivity contribution < 1.29 is 4.92 Å². The Morgan fingerprint density at radius 3 is 2.65 bits per heavy atom. The molecule has 0 aromatic heterocycles. The number of thioether (sulfide) groups is 1. The molecule has 7 heteroatoms. The molecule has 2 rings (SSSR count). The van der Waals surface area contributed by atoms with Crippen molar-refractivity contribution in [2.45, 2.75) is 10.6 Å². The van der Waals surface area contributed by atoms with E-state index in [1.807, 2.05) is 0 Å². The first kappa shape index (κ1) is 15.0. The van der Waals surface area contributed by atoms with Crippen molar-refractivity contribution in [1.29, 1.82) is 0 Å². The lowest BCUT2D eigenvalue weighted by Crippen LogP contribution is -1.95. The number of nitro benzene ring substituents is 1. The Morgan fingerprint density at radius 2 is 2.00 bits per heavy atom. The molecule has 0 atom stereocenters. The zero-order valence-corrected chi connectivity index (χ0v) is 12.5. The number of hydrogen-bond donors (Lipinski definition) is 1. The summed E-state index contributed by atoms with van der Waals surface area (Å²) in [5.74, 6) is 0.366. The Kier molecular flexibility index (Phi) is 4.75. The van der Waals surface area contributed by atoms with Gasteiger partial charge in [0.25, 0.3) is 5.69 Å². The van der Waals surface area contributed by atoms with E-state index in [4.69, 9.17) is 28.9 Å². The summed E-state index contributed by atoms with van der Waals surface area (Å²) < 4.78 is 0. The largest absolute Gasteiger partial charge is 0.398 e. The van der Waals surface area contributed by atoms with Crippen LogP contribution in [0.4, 0.5) is 11.4 Å². The van der Waals surface area contributed by atoms with Gasteiger partial charge in [-0.05, 0) is 24.3 Å². The smallest absolute Gasteiger partial charge is 0.273 e. The van der Waals surface area contributed by atoms with Gasteiger partial charge in [-0.3, -0.25) is 10.1 Å². The molecule has 0 saturated carbocycles. The maximum atomic E-state index is 11.0. The predicted octanol–water partition coefficient (Wildman–Crippen LogP) is 4.78. The Morgan fingerprint density at radius 1 is 1.25 bits per heavy atom. The molecule has 20 heavy (non-hydrogen) atoms. The van der Waals surface area contributed by atoms with Crippen molar-refractivity contribution in [3.05, 3.63) is 62.1 Å². The van der Waals surface area contributed by atoms with E-state index in [0.717, 1.165) is 0 Å². The summed E-state index contributed by atoms with van der Waals surface area (Å²) in [7, 11) is 0. The van der Waals surface area contributed by atoms with Crippen LogP contribution in [0.2, 0.25) is 10.0 Å². The zero-order valence-electron chi connectivity index (χ0n) is 10.2. The number of nitrogen functional groups attached to an aromatic ring is 1. The first-order valence-electron chi connectivity index (χ1n) is 5.58. The molecule has 0 fully saturated rings. The predicted molar refractivity (Wildman–Crippen MR) is 83.5 cm³/mol. The molecule has 2 aromatic rings. The topological polar surface area (TPSA) is 69.2 Å². The van der Waals surface area contributed by atoms with Crippen molar-refractivity contribution >= 4 is 46.3 Å². The van der Waals surface area contributed by atoms with E-state index in [-0.39, 0.29) is 5.69 Å². The van der Waals surface area contributed by atoms with Crippen molar-refractivity contribution in [3.63, 3.8) is 0 Å². The third-order valence-electron chi connectivity index (χ3n) is 2.61. The van der Waals surface area contributed by atoms with Crippen LogP contribution in [0.3, 0.4) is 0 Å². The van der Waals surface area contributed by atoms with Crippen LogP contribution in [-0.2, 0) is 5.75 Å². The average molecular weight is 329 g/mol. The van der Waals surface area contributed by atoms with E-state index in [2.05, 4.69) is 0 Å². The number of anilines is 1. The van der Waals surface area contributed by atoms with Crippen LogP contribution in [0.1, 0.15) is 5.56 Å². The summed E-state index contributed by atoms with van der Waals surface area (Å²) in [6, 6.07) is 9.70. The minimum atomic E-state index is -0.428. The quantitative estimate of drug-likeness (QED) is 0.379. The van der Waals surface area contributed by atoms with Gasteiger partial charge in [-0.25, -0.2) is 0 Å². The molecule has 0 amide bonds. The number of nitrogens with two attached hydrogens (primary N) is 1. The van der Waals surface area contributed by atoms with Gasteiger partial charge in [-0.2, -0.15) is 0 Å². The Balaban J connectivity index is 2.27. The molecule has 0 bridgehead atoms. The van der Waals surface area contributed by atoms with E-state index in [0.29, 0.717) is 31.9 Å². The lowest BCUT2D eigenvalue weighted by molar-refractivity contribution is -0.385. The molecule has 0 aliphatic rings. The van der Waals surface area contributed by atoms with Gasteiger partial charge >= 0.3 is 0 Å². The fourth-order valence-corrected chi connectivity index (χ4v) is 3.19. The number of halogens is 2. The fraction of sp³-hybridized carbons (Fsp3) is 0.0769. The molecule has 0 radical (unpaired) electrons. The molecule has 0 spiro atoms. The monoisotopic (exact) mass is 328 g/mol. The molecule has 2 aromatic carbocycles. The van der Waals surface area contributed by atoms with Gasteiger partial charge in [0.05, 0.1) is 9.95 Å². The van der Waals surface area contributed by atoms with E-state index < -0.39 is 4.92 Å². The van der Waals surface area contributed by atoms with Crippen molar-refractivity contribution in [2.75, 3.05) is 5.73 Å². The summed E-state index contributed by atoms with van der Waals surface area (Å²) in [5, 5.41) is 12.0. The lowest BCUT2D eigenvalue weighted by Gasteiger charge is -2.08. The average Bonchev–Trinajstić information content (AvgIpc) is 2.37. The van der Waals surface area contributed by atoms with E-state index >= 15 is 0 Å². The lowest BCUT2D eigenvalue weighted by atomic mass is 10.2. The molecule has 0 unspecified atom stereocenters. The Bertz CT molecular complexity index is 645. The molecular formula is C13H10Cl2N2O2S. The summed E-state index contributed by atoms with van der Waals surface area (Å²) in [6.45, 7) is 0. The highest BCUT2D eigenvalue weighted by Crippen LogP contribution is 2.36. The van der Waals surface area contributed by atoms with Crippen LogP contribution in [0, 0.1) is 10.1 Å². The highest BCUT2D eigenvalue weighted by atomic mass is 35.5. The number of rotatable bonds is 4. The number of hydrogen-bond acceptors (Lipinski definition) is 4. The van der Waals surface area contributed by atoms with E-state index in [9.17, 15) is 10.1 Å². The zero-order chi connectivity index (χ0) is 14.7. The number of benzene rings is 2. The Labute approximate surface area is 130 Å². The second kappa shape index (κ2) is 6.35. The third-order valence-corrected chi connectivity index (χ3v) is 4.47. The normalized spacial score (nSPS) is 10.5.